The zero-order valence-corrected chi connectivity index (χ0v) is 54.9. The molecule has 0 fully saturated rings. The first kappa shape index (κ1) is 78.4. The van der Waals surface area contributed by atoms with Crippen LogP contribution in [0.25, 0.3) is 0 Å². The summed E-state index contributed by atoms with van der Waals surface area (Å²) in [6.45, 7) is 6.76. The summed E-state index contributed by atoms with van der Waals surface area (Å²) < 4.78 is 17.1. The van der Waals surface area contributed by atoms with Crippen LogP contribution in [0.4, 0.5) is 0 Å². The lowest BCUT2D eigenvalue weighted by molar-refractivity contribution is -0.167. The van der Waals surface area contributed by atoms with Crippen molar-refractivity contribution < 1.29 is 28.6 Å². The molecule has 0 radical (unpaired) electrons. The molecule has 0 amide bonds. The molecule has 0 heterocycles. The van der Waals surface area contributed by atoms with Crippen LogP contribution in [0.15, 0.2) is 0 Å². The van der Waals surface area contributed by atoms with E-state index in [1.54, 1.807) is 0 Å². The number of hydrogen-bond acceptors (Lipinski definition) is 6. The van der Waals surface area contributed by atoms with Gasteiger partial charge in [-0.15, -0.1) is 0 Å². The molecule has 80 heavy (non-hydrogen) atoms. The fourth-order valence-corrected chi connectivity index (χ4v) is 11.8. The number of esters is 3. The molecule has 0 aromatic carbocycles. The summed E-state index contributed by atoms with van der Waals surface area (Å²) in [4.78, 5) is 38.5. The van der Waals surface area contributed by atoms with Gasteiger partial charge in [-0.1, -0.05) is 400 Å². The van der Waals surface area contributed by atoms with E-state index < -0.39 is 6.10 Å². The van der Waals surface area contributed by atoms with Crippen molar-refractivity contribution in [2.45, 2.75) is 444 Å². The molecule has 0 N–H and O–H groups in total. The van der Waals surface area contributed by atoms with Crippen LogP contribution in [0.5, 0.6) is 0 Å². The summed E-state index contributed by atoms with van der Waals surface area (Å²) in [5.74, 6) is -0.814. The Morgan fingerprint density at radius 2 is 0.338 bits per heavy atom. The molecule has 1 atom stereocenters. The highest BCUT2D eigenvalue weighted by Gasteiger charge is 2.20. The van der Waals surface area contributed by atoms with E-state index in [-0.39, 0.29) is 31.1 Å². The fraction of sp³-hybridized carbons (Fsp3) is 0.959. The monoisotopic (exact) mass is 1130 g/mol. The lowest BCUT2D eigenvalue weighted by Gasteiger charge is -2.18. The molecule has 6 heteroatoms. The number of rotatable bonds is 70. The van der Waals surface area contributed by atoms with E-state index in [9.17, 15) is 14.4 Å². The minimum absolute atomic E-state index is 0.0598. The van der Waals surface area contributed by atoms with Crippen LogP contribution in [-0.2, 0) is 28.6 Å². The minimum atomic E-state index is -0.764. The van der Waals surface area contributed by atoms with Crippen molar-refractivity contribution in [2.75, 3.05) is 13.2 Å². The van der Waals surface area contributed by atoms with E-state index in [1.165, 1.54) is 340 Å². The van der Waals surface area contributed by atoms with Crippen LogP contribution in [0.2, 0.25) is 0 Å². The van der Waals surface area contributed by atoms with E-state index in [0.717, 1.165) is 57.8 Å². The normalized spacial score (nSPS) is 11.9. The van der Waals surface area contributed by atoms with Crippen LogP contribution in [-0.4, -0.2) is 37.2 Å². The SMILES string of the molecule is CCCCCCCCCCCCCCCCCCCCCCCC(=O)OCC(COC(=O)CCCCCCCCCCCCCCCCCCCCCC)OC(=O)CCCCCCCCCCCCCCCCCCCCCCC. The predicted octanol–water partition coefficient (Wildman–Crippen LogP) is 25.4. The molecule has 0 bridgehead atoms. The first-order valence-corrected chi connectivity index (χ1v) is 37.0. The van der Waals surface area contributed by atoms with E-state index in [2.05, 4.69) is 20.8 Å². The van der Waals surface area contributed by atoms with E-state index >= 15 is 0 Å². The van der Waals surface area contributed by atoms with Gasteiger partial charge in [0.05, 0.1) is 0 Å². The molecule has 1 unspecified atom stereocenters. The van der Waals surface area contributed by atoms with Gasteiger partial charge in [-0.25, -0.2) is 0 Å². The Labute approximate surface area is 501 Å². The van der Waals surface area contributed by atoms with Crippen LogP contribution in [0, 0.1) is 0 Å². The summed E-state index contributed by atoms with van der Waals surface area (Å²) in [5.41, 5.74) is 0. The van der Waals surface area contributed by atoms with Gasteiger partial charge in [-0.3, -0.25) is 14.4 Å². The molecule has 0 saturated heterocycles. The van der Waals surface area contributed by atoms with Gasteiger partial charge < -0.3 is 14.2 Å². The molecular formula is C74H144O6. The van der Waals surface area contributed by atoms with Gasteiger partial charge in [-0.05, 0) is 19.3 Å². The Balaban J connectivity index is 4.26. The lowest BCUT2D eigenvalue weighted by atomic mass is 10.0. The molecule has 476 valence electrons. The van der Waals surface area contributed by atoms with Crippen molar-refractivity contribution >= 4 is 17.9 Å². The number of hydrogen-bond donors (Lipinski definition) is 0. The third-order valence-electron chi connectivity index (χ3n) is 17.4. The maximum atomic E-state index is 13.0. The maximum Gasteiger partial charge on any atom is 0.306 e. The number of carbonyl (C=O) groups is 3. The predicted molar refractivity (Wildman–Crippen MR) is 349 cm³/mol. The molecule has 0 aliphatic rings. The summed E-state index contributed by atoms with van der Waals surface area (Å²) in [6.07, 6.45) is 82.8. The summed E-state index contributed by atoms with van der Waals surface area (Å²) in [5, 5.41) is 0. The molecule has 0 spiro atoms. The van der Waals surface area contributed by atoms with Gasteiger partial charge >= 0.3 is 17.9 Å². The van der Waals surface area contributed by atoms with Gasteiger partial charge in [0.15, 0.2) is 6.10 Å². The molecule has 0 aromatic heterocycles. The highest BCUT2D eigenvalue weighted by Crippen LogP contribution is 2.20. The third kappa shape index (κ3) is 67.2. The van der Waals surface area contributed by atoms with Gasteiger partial charge in [0.1, 0.15) is 13.2 Å². The first-order chi connectivity index (χ1) is 39.5. The summed E-state index contributed by atoms with van der Waals surface area (Å²) in [7, 11) is 0. The lowest BCUT2D eigenvalue weighted by Crippen LogP contribution is -2.30. The van der Waals surface area contributed by atoms with E-state index in [4.69, 9.17) is 14.2 Å². The Bertz CT molecular complexity index is 1200. The second kappa shape index (κ2) is 69.9. The average Bonchev–Trinajstić information content (AvgIpc) is 3.46. The van der Waals surface area contributed by atoms with E-state index in [0.29, 0.717) is 19.3 Å². The molecule has 0 aromatic rings. The van der Waals surface area contributed by atoms with Crippen molar-refractivity contribution in [2.24, 2.45) is 0 Å². The van der Waals surface area contributed by atoms with Crippen LogP contribution < -0.4 is 0 Å². The Hall–Kier alpha value is -1.59. The number of unbranched alkanes of at least 4 members (excludes halogenated alkanes) is 59. The highest BCUT2D eigenvalue weighted by atomic mass is 16.6. The van der Waals surface area contributed by atoms with Gasteiger partial charge in [0, 0.05) is 19.3 Å². The topological polar surface area (TPSA) is 78.9 Å². The van der Waals surface area contributed by atoms with Crippen LogP contribution >= 0.6 is 0 Å². The van der Waals surface area contributed by atoms with Crippen molar-refractivity contribution in [3.63, 3.8) is 0 Å². The van der Waals surface area contributed by atoms with Crippen molar-refractivity contribution in [1.82, 2.24) is 0 Å². The standard InChI is InChI=1S/C74H144O6/c1-4-7-10-13-16-19-22-25-28-31-34-37-40-43-46-49-52-55-58-61-64-67-73(76)79-70-71(69-78-72(75)66-63-60-57-54-51-48-45-42-39-36-33-30-27-24-21-18-15-12-9-6-3)80-74(77)68-65-62-59-56-53-50-47-44-41-38-35-32-29-26-23-20-17-14-11-8-5-2/h71H,4-70H2,1-3H3. The average molecular weight is 1130 g/mol. The number of ether oxygens (including phenoxy) is 3. The number of carbonyl (C=O) groups excluding carboxylic acids is 3. The Morgan fingerprint density at radius 1 is 0.200 bits per heavy atom. The van der Waals surface area contributed by atoms with Gasteiger partial charge in [-0.2, -0.15) is 0 Å². The molecule has 6 nitrogen and oxygen atoms in total. The maximum absolute atomic E-state index is 13.0. The van der Waals surface area contributed by atoms with Crippen molar-refractivity contribution in [1.29, 1.82) is 0 Å². The molecule has 0 aliphatic carbocycles. The largest absolute Gasteiger partial charge is 0.462 e. The zero-order chi connectivity index (χ0) is 57.8. The van der Waals surface area contributed by atoms with Crippen molar-refractivity contribution in [3.8, 4) is 0 Å². The summed E-state index contributed by atoms with van der Waals surface area (Å²) in [6, 6.07) is 0. The fourth-order valence-electron chi connectivity index (χ4n) is 11.8. The smallest absolute Gasteiger partial charge is 0.306 e. The second-order valence-corrected chi connectivity index (χ2v) is 25.6. The third-order valence-corrected chi connectivity index (χ3v) is 17.4. The first-order valence-electron chi connectivity index (χ1n) is 37.0. The van der Waals surface area contributed by atoms with Gasteiger partial charge in [0.25, 0.3) is 0 Å². The molecule has 0 aliphatic heterocycles. The minimum Gasteiger partial charge on any atom is -0.462 e. The van der Waals surface area contributed by atoms with Crippen LogP contribution in [0.3, 0.4) is 0 Å². The Kier molecular flexibility index (Phi) is 68.5. The second-order valence-electron chi connectivity index (χ2n) is 25.6. The Morgan fingerprint density at radius 3 is 0.500 bits per heavy atom. The van der Waals surface area contributed by atoms with Crippen LogP contribution in [0.1, 0.15) is 438 Å². The molecule has 0 saturated carbocycles. The zero-order valence-electron chi connectivity index (χ0n) is 54.9. The quantitative estimate of drug-likeness (QED) is 0.0343. The molecular weight excluding hydrogens is 985 g/mol. The molecule has 0 rings (SSSR count). The highest BCUT2D eigenvalue weighted by molar-refractivity contribution is 5.71. The summed E-state index contributed by atoms with van der Waals surface area (Å²) >= 11 is 0. The van der Waals surface area contributed by atoms with E-state index in [1.807, 2.05) is 0 Å². The van der Waals surface area contributed by atoms with Crippen molar-refractivity contribution in [3.05, 3.63) is 0 Å². The van der Waals surface area contributed by atoms with Gasteiger partial charge in [0.2, 0.25) is 0 Å².